The maximum atomic E-state index is 4.25. The largest absolute Gasteiger partial charge is 0.309 e. The van der Waals surface area contributed by atoms with Gasteiger partial charge in [-0.1, -0.05) is 12.8 Å². The second-order valence-corrected chi connectivity index (χ2v) is 4.74. The molecule has 16 heavy (non-hydrogen) atoms. The van der Waals surface area contributed by atoms with E-state index in [1.807, 2.05) is 0 Å². The van der Waals surface area contributed by atoms with Crippen LogP contribution >= 0.6 is 12.4 Å². The summed E-state index contributed by atoms with van der Waals surface area (Å²) < 4.78 is 2.05. The van der Waals surface area contributed by atoms with Crippen molar-refractivity contribution >= 4 is 12.4 Å². The molecular weight excluding hydrogens is 224 g/mol. The molecule has 1 unspecified atom stereocenters. The van der Waals surface area contributed by atoms with E-state index in [0.717, 1.165) is 24.8 Å². The van der Waals surface area contributed by atoms with Gasteiger partial charge < -0.3 is 5.32 Å². The Kier molecular flexibility index (Phi) is 3.82. The lowest BCUT2D eigenvalue weighted by atomic mass is 10.1. The third kappa shape index (κ3) is 2.38. The summed E-state index contributed by atoms with van der Waals surface area (Å²) in [6, 6.07) is 1.38. The average molecular weight is 243 g/mol. The lowest BCUT2D eigenvalue weighted by Crippen LogP contribution is -2.42. The van der Waals surface area contributed by atoms with E-state index in [4.69, 9.17) is 0 Å². The van der Waals surface area contributed by atoms with E-state index in [0.29, 0.717) is 6.04 Å². The van der Waals surface area contributed by atoms with Crippen LogP contribution in [0.4, 0.5) is 0 Å². The standard InChI is InChI=1S/C11H18N4.ClH/c1-2-4-9(3-1)14-10-5-6-11-12-8-13-15(11)7-10;/h8-10,14H,1-7H2;1H. The van der Waals surface area contributed by atoms with E-state index in [-0.39, 0.29) is 12.4 Å². The number of hydrogen-bond acceptors (Lipinski definition) is 3. The third-order valence-electron chi connectivity index (χ3n) is 3.63. The first-order valence-corrected chi connectivity index (χ1v) is 6.04. The van der Waals surface area contributed by atoms with Gasteiger partial charge in [-0.2, -0.15) is 5.10 Å². The molecule has 1 saturated carbocycles. The number of aromatic nitrogens is 3. The van der Waals surface area contributed by atoms with Crippen LogP contribution in [0.15, 0.2) is 6.33 Å². The van der Waals surface area contributed by atoms with Gasteiger partial charge in [-0.05, 0) is 19.3 Å². The van der Waals surface area contributed by atoms with E-state index >= 15 is 0 Å². The van der Waals surface area contributed by atoms with Crippen molar-refractivity contribution in [2.75, 3.05) is 0 Å². The van der Waals surface area contributed by atoms with Crippen molar-refractivity contribution in [2.24, 2.45) is 0 Å². The summed E-state index contributed by atoms with van der Waals surface area (Å²) in [5.74, 6) is 1.15. The van der Waals surface area contributed by atoms with E-state index in [1.165, 1.54) is 32.1 Å². The Morgan fingerprint density at radius 3 is 2.81 bits per heavy atom. The van der Waals surface area contributed by atoms with Crippen molar-refractivity contribution in [3.63, 3.8) is 0 Å². The fourth-order valence-electron chi connectivity index (χ4n) is 2.80. The molecule has 1 atom stereocenters. The van der Waals surface area contributed by atoms with Crippen LogP contribution in [0.25, 0.3) is 0 Å². The molecule has 0 aromatic carbocycles. The third-order valence-corrected chi connectivity index (χ3v) is 3.63. The lowest BCUT2D eigenvalue weighted by molar-refractivity contribution is 0.326. The molecule has 0 radical (unpaired) electrons. The van der Waals surface area contributed by atoms with Gasteiger partial charge in [0.2, 0.25) is 0 Å². The zero-order chi connectivity index (χ0) is 10.1. The zero-order valence-corrected chi connectivity index (χ0v) is 10.2. The number of hydrogen-bond donors (Lipinski definition) is 1. The van der Waals surface area contributed by atoms with Crippen LogP contribution in [-0.2, 0) is 13.0 Å². The van der Waals surface area contributed by atoms with E-state index in [1.54, 1.807) is 6.33 Å². The molecule has 0 amide bonds. The molecule has 4 nitrogen and oxygen atoms in total. The number of halogens is 1. The van der Waals surface area contributed by atoms with Crippen molar-refractivity contribution in [1.29, 1.82) is 0 Å². The van der Waals surface area contributed by atoms with Gasteiger partial charge >= 0.3 is 0 Å². The predicted molar refractivity (Wildman–Crippen MR) is 64.8 cm³/mol. The molecule has 1 aliphatic heterocycles. The Balaban J connectivity index is 0.000000963. The van der Waals surface area contributed by atoms with E-state index in [9.17, 15) is 0 Å². The van der Waals surface area contributed by atoms with Crippen molar-refractivity contribution in [1.82, 2.24) is 20.1 Å². The molecule has 0 bridgehead atoms. The highest BCUT2D eigenvalue weighted by atomic mass is 35.5. The van der Waals surface area contributed by atoms with Gasteiger partial charge in [-0.15, -0.1) is 12.4 Å². The quantitative estimate of drug-likeness (QED) is 0.856. The van der Waals surface area contributed by atoms with Crippen molar-refractivity contribution in [3.05, 3.63) is 12.2 Å². The highest BCUT2D eigenvalue weighted by Gasteiger charge is 2.23. The highest BCUT2D eigenvalue weighted by Crippen LogP contribution is 2.20. The maximum absolute atomic E-state index is 4.25. The van der Waals surface area contributed by atoms with Crippen molar-refractivity contribution < 1.29 is 0 Å². The Labute approximate surface area is 102 Å². The second-order valence-electron chi connectivity index (χ2n) is 4.74. The molecule has 0 saturated heterocycles. The molecule has 1 aromatic rings. The average Bonchev–Trinajstić information content (AvgIpc) is 2.87. The monoisotopic (exact) mass is 242 g/mol. The summed E-state index contributed by atoms with van der Waals surface area (Å²) in [5.41, 5.74) is 0. The number of nitrogens with zero attached hydrogens (tertiary/aromatic N) is 3. The van der Waals surface area contributed by atoms with Gasteiger partial charge in [0.15, 0.2) is 0 Å². The van der Waals surface area contributed by atoms with Gasteiger partial charge in [0.1, 0.15) is 12.2 Å². The normalized spacial score (nSPS) is 25.1. The second kappa shape index (κ2) is 5.15. The van der Waals surface area contributed by atoms with Crippen LogP contribution in [-0.4, -0.2) is 26.8 Å². The molecule has 5 heteroatoms. The Bertz CT molecular complexity index is 332. The Morgan fingerprint density at radius 2 is 2.00 bits per heavy atom. The molecule has 1 aromatic heterocycles. The summed E-state index contributed by atoms with van der Waals surface area (Å²) in [5, 5.41) is 8.01. The van der Waals surface area contributed by atoms with Crippen molar-refractivity contribution in [2.45, 2.75) is 57.2 Å². The molecule has 3 rings (SSSR count). The number of aryl methyl sites for hydroxylation is 1. The molecular formula is C11H19ClN4. The molecule has 1 fully saturated rings. The van der Waals surface area contributed by atoms with E-state index in [2.05, 4.69) is 20.1 Å². The first-order valence-electron chi connectivity index (χ1n) is 6.04. The lowest BCUT2D eigenvalue weighted by Gasteiger charge is -2.26. The summed E-state index contributed by atoms with van der Waals surface area (Å²) in [4.78, 5) is 4.25. The number of nitrogens with one attached hydrogen (secondary N) is 1. The van der Waals surface area contributed by atoms with Gasteiger partial charge in [0, 0.05) is 18.5 Å². The minimum atomic E-state index is 0. The minimum absolute atomic E-state index is 0. The summed E-state index contributed by atoms with van der Waals surface area (Å²) >= 11 is 0. The van der Waals surface area contributed by atoms with Crippen LogP contribution in [0.3, 0.4) is 0 Å². The SMILES string of the molecule is Cl.c1nc2n(n1)CC(NC1CCCC1)CC2. The Morgan fingerprint density at radius 1 is 1.19 bits per heavy atom. The van der Waals surface area contributed by atoms with Gasteiger partial charge in [-0.3, -0.25) is 0 Å². The highest BCUT2D eigenvalue weighted by molar-refractivity contribution is 5.85. The van der Waals surface area contributed by atoms with E-state index < -0.39 is 0 Å². The number of rotatable bonds is 2. The molecule has 2 heterocycles. The fraction of sp³-hybridized carbons (Fsp3) is 0.818. The smallest absolute Gasteiger partial charge is 0.138 e. The summed E-state index contributed by atoms with van der Waals surface area (Å²) in [6.07, 6.45) is 9.49. The van der Waals surface area contributed by atoms with Crippen molar-refractivity contribution in [3.8, 4) is 0 Å². The topological polar surface area (TPSA) is 42.7 Å². The predicted octanol–water partition coefficient (Wildman–Crippen LogP) is 1.55. The van der Waals surface area contributed by atoms with Gasteiger partial charge in [0.25, 0.3) is 0 Å². The molecule has 1 aliphatic carbocycles. The summed E-state index contributed by atoms with van der Waals surface area (Å²) in [7, 11) is 0. The zero-order valence-electron chi connectivity index (χ0n) is 9.43. The molecule has 2 aliphatic rings. The van der Waals surface area contributed by atoms with Crippen LogP contribution in [0.2, 0.25) is 0 Å². The fourth-order valence-corrected chi connectivity index (χ4v) is 2.80. The van der Waals surface area contributed by atoms with Crippen LogP contribution < -0.4 is 5.32 Å². The van der Waals surface area contributed by atoms with Crippen LogP contribution in [0.5, 0.6) is 0 Å². The maximum Gasteiger partial charge on any atom is 0.138 e. The summed E-state index contributed by atoms with van der Waals surface area (Å²) in [6.45, 7) is 1.01. The number of fused-ring (bicyclic) bond motifs is 1. The Hall–Kier alpha value is -0.610. The van der Waals surface area contributed by atoms with Crippen LogP contribution in [0, 0.1) is 0 Å². The minimum Gasteiger partial charge on any atom is -0.309 e. The van der Waals surface area contributed by atoms with Crippen LogP contribution in [0.1, 0.15) is 37.9 Å². The van der Waals surface area contributed by atoms with Gasteiger partial charge in [-0.25, -0.2) is 9.67 Å². The molecule has 90 valence electrons. The molecule has 0 spiro atoms. The molecule has 1 N–H and O–H groups in total. The first-order chi connectivity index (χ1) is 7.42. The van der Waals surface area contributed by atoms with Gasteiger partial charge in [0.05, 0.1) is 6.54 Å². The first kappa shape index (κ1) is 11.9.